The van der Waals surface area contributed by atoms with Gasteiger partial charge in [-0.05, 0) is 31.2 Å². The van der Waals surface area contributed by atoms with Gasteiger partial charge in [-0.25, -0.2) is 4.79 Å². The lowest BCUT2D eigenvalue weighted by atomic mass is 10.1. The van der Waals surface area contributed by atoms with Gasteiger partial charge < -0.3 is 15.0 Å². The summed E-state index contributed by atoms with van der Waals surface area (Å²) in [5, 5.41) is 2.67. The van der Waals surface area contributed by atoms with Crippen LogP contribution in [0.2, 0.25) is 0 Å². The zero-order valence-electron chi connectivity index (χ0n) is 16.0. The quantitative estimate of drug-likeness (QED) is 0.587. The number of nitrogens with one attached hydrogen (secondary N) is 1. The Bertz CT molecular complexity index is 907. The van der Waals surface area contributed by atoms with Gasteiger partial charge in [0.1, 0.15) is 0 Å². The van der Waals surface area contributed by atoms with E-state index in [1.165, 1.54) is 25.9 Å². The second-order valence-corrected chi connectivity index (χ2v) is 6.11. The number of esters is 1. The molecule has 0 bridgehead atoms. The molecule has 0 atom stereocenters. The third-order valence-electron chi connectivity index (χ3n) is 4.11. The summed E-state index contributed by atoms with van der Waals surface area (Å²) in [6.07, 6.45) is 0.0133. The van der Waals surface area contributed by atoms with Crippen LogP contribution in [0.4, 0.5) is 11.4 Å². The molecular weight excluding hydrogens is 360 g/mol. The number of rotatable bonds is 7. The molecule has 2 aromatic rings. The number of benzene rings is 2. The molecule has 7 heteroatoms. The molecule has 0 spiro atoms. The van der Waals surface area contributed by atoms with E-state index >= 15 is 0 Å². The highest BCUT2D eigenvalue weighted by Crippen LogP contribution is 2.19. The molecule has 1 N–H and O–H groups in total. The van der Waals surface area contributed by atoms with E-state index in [1.807, 2.05) is 0 Å². The minimum Gasteiger partial charge on any atom is -0.465 e. The smallest absolute Gasteiger partial charge is 0.339 e. The predicted octanol–water partition coefficient (Wildman–Crippen LogP) is 3.06. The van der Waals surface area contributed by atoms with Gasteiger partial charge in [0.15, 0.2) is 5.78 Å². The highest BCUT2D eigenvalue weighted by molar-refractivity contribution is 6.02. The van der Waals surface area contributed by atoms with Crippen molar-refractivity contribution < 1.29 is 23.9 Å². The van der Waals surface area contributed by atoms with Gasteiger partial charge in [-0.2, -0.15) is 0 Å². The van der Waals surface area contributed by atoms with E-state index in [0.29, 0.717) is 16.9 Å². The number of ether oxygens (including phenoxy) is 1. The molecule has 7 nitrogen and oxygen atoms in total. The van der Waals surface area contributed by atoms with E-state index in [4.69, 9.17) is 4.74 Å². The molecule has 0 aliphatic carbocycles. The molecule has 0 radical (unpaired) electrons. The maximum atomic E-state index is 12.4. The molecule has 2 rings (SSSR count). The van der Waals surface area contributed by atoms with E-state index in [0.717, 1.165) is 0 Å². The first kappa shape index (κ1) is 20.8. The number of hydrogen-bond acceptors (Lipinski definition) is 5. The fourth-order valence-corrected chi connectivity index (χ4v) is 2.67. The van der Waals surface area contributed by atoms with Crippen molar-refractivity contribution in [3.05, 3.63) is 59.7 Å². The van der Waals surface area contributed by atoms with Gasteiger partial charge in [-0.3, -0.25) is 14.4 Å². The van der Waals surface area contributed by atoms with E-state index in [-0.39, 0.29) is 36.1 Å². The van der Waals surface area contributed by atoms with Gasteiger partial charge in [0.25, 0.3) is 0 Å². The lowest BCUT2D eigenvalue weighted by Crippen LogP contribution is -2.32. The summed E-state index contributed by atoms with van der Waals surface area (Å²) in [7, 11) is 1.26. The Morgan fingerprint density at radius 1 is 1.00 bits per heavy atom. The van der Waals surface area contributed by atoms with Gasteiger partial charge in [0.2, 0.25) is 11.8 Å². The van der Waals surface area contributed by atoms with Gasteiger partial charge in [0.05, 0.1) is 18.4 Å². The number of Topliss-reactive ketones (excluding diaryl/α,β-unsaturated/α-hetero) is 1. The Labute approximate surface area is 163 Å². The fourth-order valence-electron chi connectivity index (χ4n) is 2.67. The van der Waals surface area contributed by atoms with Crippen molar-refractivity contribution in [3.63, 3.8) is 0 Å². The van der Waals surface area contributed by atoms with Crippen molar-refractivity contribution in [2.75, 3.05) is 23.9 Å². The summed E-state index contributed by atoms with van der Waals surface area (Å²) < 4.78 is 4.71. The highest BCUT2D eigenvalue weighted by Gasteiger charge is 2.17. The second kappa shape index (κ2) is 9.45. The lowest BCUT2D eigenvalue weighted by molar-refractivity contribution is -0.117. The number of amides is 2. The number of anilines is 2. The fraction of sp³-hybridized carbons (Fsp3) is 0.238. The van der Waals surface area contributed by atoms with Crippen LogP contribution < -0.4 is 10.2 Å². The molecule has 0 aliphatic rings. The Hall–Kier alpha value is -3.48. The number of para-hydroxylation sites is 1. The minimum atomic E-state index is -0.553. The van der Waals surface area contributed by atoms with E-state index < -0.39 is 5.97 Å². The second-order valence-electron chi connectivity index (χ2n) is 6.11. The van der Waals surface area contributed by atoms with Crippen LogP contribution in [0.5, 0.6) is 0 Å². The van der Waals surface area contributed by atoms with Gasteiger partial charge >= 0.3 is 5.97 Å². The standard InChI is InChI=1S/C21H22N2O5/c1-14(24)16-7-6-8-17(13-16)23(15(2)25)12-11-20(26)22-19-10-5-4-9-18(19)21(27)28-3/h4-10,13H,11-12H2,1-3H3,(H,22,26). The molecule has 0 aromatic heterocycles. The molecule has 0 saturated carbocycles. The van der Waals surface area contributed by atoms with Crippen LogP contribution in [0.15, 0.2) is 48.5 Å². The molecule has 0 heterocycles. The molecule has 2 aromatic carbocycles. The number of carbonyl (C=O) groups is 4. The topological polar surface area (TPSA) is 92.8 Å². The molecule has 146 valence electrons. The summed E-state index contributed by atoms with van der Waals surface area (Å²) in [5.74, 6) is -1.27. The third kappa shape index (κ3) is 5.26. The van der Waals surface area contributed by atoms with Crippen molar-refractivity contribution in [2.45, 2.75) is 20.3 Å². The first-order chi connectivity index (χ1) is 13.3. The van der Waals surface area contributed by atoms with Crippen molar-refractivity contribution in [3.8, 4) is 0 Å². The van der Waals surface area contributed by atoms with Crippen LogP contribution >= 0.6 is 0 Å². The zero-order valence-corrected chi connectivity index (χ0v) is 16.0. The van der Waals surface area contributed by atoms with Crippen LogP contribution in [-0.4, -0.2) is 37.2 Å². The number of nitrogens with zero attached hydrogens (tertiary/aromatic N) is 1. The molecule has 0 fully saturated rings. The van der Waals surface area contributed by atoms with E-state index in [2.05, 4.69) is 5.32 Å². The van der Waals surface area contributed by atoms with Crippen LogP contribution in [0.25, 0.3) is 0 Å². The molecule has 0 saturated heterocycles. The van der Waals surface area contributed by atoms with Crippen molar-refractivity contribution in [1.29, 1.82) is 0 Å². The lowest BCUT2D eigenvalue weighted by Gasteiger charge is -2.21. The molecular formula is C21H22N2O5. The number of ketones is 1. The average molecular weight is 382 g/mol. The molecule has 28 heavy (non-hydrogen) atoms. The predicted molar refractivity (Wildman–Crippen MR) is 106 cm³/mol. The number of hydrogen-bond donors (Lipinski definition) is 1. The number of carbonyl (C=O) groups excluding carboxylic acids is 4. The van der Waals surface area contributed by atoms with Crippen LogP contribution in [0.1, 0.15) is 41.0 Å². The Morgan fingerprint density at radius 3 is 2.36 bits per heavy atom. The normalized spacial score (nSPS) is 10.1. The largest absolute Gasteiger partial charge is 0.465 e. The number of methoxy groups -OCH3 is 1. The first-order valence-electron chi connectivity index (χ1n) is 8.69. The highest BCUT2D eigenvalue weighted by atomic mass is 16.5. The summed E-state index contributed by atoms with van der Waals surface area (Å²) in [4.78, 5) is 49.2. The summed E-state index contributed by atoms with van der Waals surface area (Å²) in [6.45, 7) is 2.97. The average Bonchev–Trinajstić information content (AvgIpc) is 2.68. The van der Waals surface area contributed by atoms with Crippen LogP contribution in [-0.2, 0) is 14.3 Å². The van der Waals surface area contributed by atoms with Crippen molar-refractivity contribution >= 4 is 34.9 Å². The first-order valence-corrected chi connectivity index (χ1v) is 8.69. The molecule has 0 unspecified atom stereocenters. The molecule has 2 amide bonds. The summed E-state index contributed by atoms with van der Waals surface area (Å²) >= 11 is 0. The minimum absolute atomic E-state index is 0.0133. The maximum absolute atomic E-state index is 12.4. The Kier molecular flexibility index (Phi) is 7.03. The Morgan fingerprint density at radius 2 is 1.71 bits per heavy atom. The SMILES string of the molecule is COC(=O)c1ccccc1NC(=O)CCN(C(C)=O)c1cccc(C(C)=O)c1. The maximum Gasteiger partial charge on any atom is 0.339 e. The van der Waals surface area contributed by atoms with Crippen LogP contribution in [0.3, 0.4) is 0 Å². The monoisotopic (exact) mass is 382 g/mol. The summed E-state index contributed by atoms with van der Waals surface area (Å²) in [5.41, 5.74) is 1.62. The van der Waals surface area contributed by atoms with Gasteiger partial charge in [-0.15, -0.1) is 0 Å². The van der Waals surface area contributed by atoms with E-state index in [9.17, 15) is 19.2 Å². The summed E-state index contributed by atoms with van der Waals surface area (Å²) in [6, 6.07) is 13.2. The molecule has 0 aliphatic heterocycles. The van der Waals surface area contributed by atoms with Crippen LogP contribution in [0, 0.1) is 0 Å². The van der Waals surface area contributed by atoms with Crippen molar-refractivity contribution in [2.24, 2.45) is 0 Å². The zero-order chi connectivity index (χ0) is 20.7. The third-order valence-corrected chi connectivity index (χ3v) is 4.11. The van der Waals surface area contributed by atoms with Gasteiger partial charge in [0, 0.05) is 31.1 Å². The van der Waals surface area contributed by atoms with Gasteiger partial charge in [-0.1, -0.05) is 24.3 Å². The van der Waals surface area contributed by atoms with Crippen molar-refractivity contribution in [1.82, 2.24) is 0 Å². The Balaban J connectivity index is 2.10. The van der Waals surface area contributed by atoms with E-state index in [1.54, 1.807) is 48.5 Å².